The molecule has 0 saturated carbocycles. The lowest BCUT2D eigenvalue weighted by Gasteiger charge is -2.25. The number of hydrogen-bond acceptors (Lipinski definition) is 6. The van der Waals surface area contributed by atoms with Gasteiger partial charge in [0.1, 0.15) is 0 Å². The minimum atomic E-state index is -2.58. The maximum Gasteiger partial charge on any atom is 0.248 e. The van der Waals surface area contributed by atoms with Crippen molar-refractivity contribution in [2.75, 3.05) is 11.1 Å². The smallest absolute Gasteiger partial charge is 0.248 e. The Kier molecular flexibility index (Phi) is 10.1. The van der Waals surface area contributed by atoms with E-state index in [0.29, 0.717) is 5.11 Å². The maximum atomic E-state index is 12.0. The predicted molar refractivity (Wildman–Crippen MR) is 118 cm³/mol. The van der Waals surface area contributed by atoms with Crippen LogP contribution in [0.25, 0.3) is 0 Å². The first kappa shape index (κ1) is 23.3. The van der Waals surface area contributed by atoms with Gasteiger partial charge in [0.15, 0.2) is 5.11 Å². The molecule has 1 rings (SSSR count). The van der Waals surface area contributed by atoms with Gasteiger partial charge < -0.3 is 14.4 Å². The summed E-state index contributed by atoms with van der Waals surface area (Å²) in [6.45, 7) is 9.57. The lowest BCUT2D eigenvalue weighted by Crippen LogP contribution is -2.44. The van der Waals surface area contributed by atoms with Gasteiger partial charge >= 0.3 is 0 Å². The third-order valence-electron chi connectivity index (χ3n) is 2.66. The van der Waals surface area contributed by atoms with Crippen LogP contribution in [0.3, 0.4) is 0 Å². The van der Waals surface area contributed by atoms with Gasteiger partial charge in [0.05, 0.1) is 18.0 Å². The Bertz CT molecular complexity index is 640. The van der Waals surface area contributed by atoms with Crippen LogP contribution in [0.4, 0.5) is 5.69 Å². The Morgan fingerprint density at radius 1 is 1.12 bits per heavy atom. The van der Waals surface area contributed by atoms with Crippen molar-refractivity contribution in [2.24, 2.45) is 0 Å². The molecule has 0 heterocycles. The van der Waals surface area contributed by atoms with Crippen LogP contribution in [-0.4, -0.2) is 29.0 Å². The highest BCUT2D eigenvalue weighted by atomic mass is 32.9. The van der Waals surface area contributed by atoms with E-state index in [1.54, 1.807) is 0 Å². The molecule has 0 unspecified atom stereocenters. The third-order valence-corrected chi connectivity index (χ3v) is 8.25. The molecular formula is C16H26N3O3PS3. The van der Waals surface area contributed by atoms with E-state index in [0.717, 1.165) is 11.3 Å². The molecule has 0 aliphatic rings. The highest BCUT2D eigenvalue weighted by Crippen LogP contribution is 2.62. The van der Waals surface area contributed by atoms with E-state index >= 15 is 0 Å². The van der Waals surface area contributed by atoms with E-state index in [-0.39, 0.29) is 23.9 Å². The number of carbonyl (C=O) groups excluding carboxylic acids is 1. The number of amides is 1. The molecule has 0 aromatic heterocycles. The fourth-order valence-electron chi connectivity index (χ4n) is 1.70. The van der Waals surface area contributed by atoms with Crippen molar-refractivity contribution in [3.05, 3.63) is 29.8 Å². The first-order chi connectivity index (χ1) is 12.1. The van der Waals surface area contributed by atoms with Gasteiger partial charge in [-0.3, -0.25) is 15.6 Å². The van der Waals surface area contributed by atoms with Gasteiger partial charge in [0, 0.05) is 5.69 Å². The Hall–Kier alpha value is -0.700. The molecule has 146 valence electrons. The monoisotopic (exact) mass is 435 g/mol. The minimum absolute atomic E-state index is 0.0699. The Labute approximate surface area is 170 Å². The van der Waals surface area contributed by atoms with E-state index in [4.69, 9.17) is 33.1 Å². The van der Waals surface area contributed by atoms with E-state index in [2.05, 4.69) is 16.2 Å². The minimum Gasteiger partial charge on any atom is -0.331 e. The molecule has 0 aliphatic heterocycles. The number of anilines is 1. The number of aryl methyl sites for hydroxylation is 1. The molecule has 0 radical (unpaired) electrons. The summed E-state index contributed by atoms with van der Waals surface area (Å²) in [6, 6.07) is 7.75. The maximum absolute atomic E-state index is 12.0. The normalized spacial score (nSPS) is 11.5. The highest BCUT2D eigenvalue weighted by Gasteiger charge is 2.24. The second-order valence-corrected chi connectivity index (χ2v) is 12.6. The summed E-state index contributed by atoms with van der Waals surface area (Å²) < 4.78 is 11.5. The van der Waals surface area contributed by atoms with E-state index in [1.165, 1.54) is 11.4 Å². The van der Waals surface area contributed by atoms with Crippen LogP contribution in [0.2, 0.25) is 0 Å². The van der Waals surface area contributed by atoms with Gasteiger partial charge in [0.25, 0.3) is 0 Å². The summed E-state index contributed by atoms with van der Waals surface area (Å²) in [5.41, 5.74) is 4.62. The first-order valence-electron chi connectivity index (χ1n) is 8.13. The summed E-state index contributed by atoms with van der Waals surface area (Å²) in [7, 11) is 0. The largest absolute Gasteiger partial charge is 0.331 e. The standard InChI is InChI=1S/C16H26N3O3PS3/c1-11(2)21-23(25,22-12(3)4)26-10-15(20)18-19-16(24)17-14-8-6-13(5)7-9-14/h6-9,11-12H,10H2,1-5H3,(H,18,20)(H2,17,19,24). The molecule has 3 N–H and O–H groups in total. The quantitative estimate of drug-likeness (QED) is 0.320. The van der Waals surface area contributed by atoms with Gasteiger partial charge in [-0.15, -0.1) is 0 Å². The Balaban J connectivity index is 2.43. The fraction of sp³-hybridized carbons (Fsp3) is 0.500. The van der Waals surface area contributed by atoms with Gasteiger partial charge in [-0.05, 0) is 70.8 Å². The van der Waals surface area contributed by atoms with Crippen LogP contribution in [0.5, 0.6) is 0 Å². The van der Waals surface area contributed by atoms with Crippen molar-refractivity contribution >= 4 is 57.8 Å². The molecule has 0 aliphatic carbocycles. The number of nitrogens with one attached hydrogen (secondary N) is 3. The molecule has 1 aromatic rings. The summed E-state index contributed by atoms with van der Waals surface area (Å²) in [5.74, 6) is -0.159. The lowest BCUT2D eigenvalue weighted by molar-refractivity contribution is -0.119. The van der Waals surface area contributed by atoms with Crippen LogP contribution in [0, 0.1) is 6.92 Å². The van der Waals surface area contributed by atoms with Crippen LogP contribution < -0.4 is 16.2 Å². The van der Waals surface area contributed by atoms with Crippen LogP contribution in [-0.2, 0) is 25.6 Å². The summed E-state index contributed by atoms with van der Waals surface area (Å²) in [5, 5.41) is 3.28. The number of hydrazine groups is 1. The molecule has 0 spiro atoms. The van der Waals surface area contributed by atoms with Crippen LogP contribution >= 0.6 is 29.3 Å². The second kappa shape index (κ2) is 11.2. The summed E-state index contributed by atoms with van der Waals surface area (Å²) >= 11 is 11.9. The number of carbonyl (C=O) groups is 1. The van der Waals surface area contributed by atoms with Gasteiger partial charge in [-0.25, -0.2) is 0 Å². The van der Waals surface area contributed by atoms with Crippen LogP contribution in [0.15, 0.2) is 24.3 Å². The van der Waals surface area contributed by atoms with Crippen molar-refractivity contribution in [3.8, 4) is 0 Å². The number of benzene rings is 1. The van der Waals surface area contributed by atoms with Gasteiger partial charge in [-0.1, -0.05) is 29.1 Å². The zero-order valence-corrected chi connectivity index (χ0v) is 18.9. The van der Waals surface area contributed by atoms with Gasteiger partial charge in [-0.2, -0.15) is 0 Å². The molecule has 26 heavy (non-hydrogen) atoms. The summed E-state index contributed by atoms with van der Waals surface area (Å²) in [4.78, 5) is 12.0. The molecular weight excluding hydrogens is 409 g/mol. The van der Waals surface area contributed by atoms with Gasteiger partial charge in [0.2, 0.25) is 11.6 Å². The fourth-order valence-corrected chi connectivity index (χ4v) is 7.15. The molecule has 10 heteroatoms. The lowest BCUT2D eigenvalue weighted by atomic mass is 10.2. The van der Waals surface area contributed by atoms with Crippen LogP contribution in [0.1, 0.15) is 33.3 Å². The molecule has 1 amide bonds. The highest BCUT2D eigenvalue weighted by molar-refractivity contribution is 8.68. The topological polar surface area (TPSA) is 71.6 Å². The second-order valence-electron chi connectivity index (χ2n) is 6.02. The zero-order valence-electron chi connectivity index (χ0n) is 15.6. The number of thiocarbonyl (C=S) groups is 1. The Morgan fingerprint density at radius 3 is 2.15 bits per heavy atom. The molecule has 6 nitrogen and oxygen atoms in total. The SMILES string of the molecule is Cc1ccc(NC(=S)NNC(=O)CSP(=S)(OC(C)C)OC(C)C)cc1. The Morgan fingerprint density at radius 2 is 1.65 bits per heavy atom. The third kappa shape index (κ3) is 9.85. The molecule has 0 atom stereocenters. The average Bonchev–Trinajstić information content (AvgIpc) is 2.51. The molecule has 0 fully saturated rings. The average molecular weight is 436 g/mol. The van der Waals surface area contributed by atoms with E-state index in [9.17, 15) is 4.79 Å². The summed E-state index contributed by atoms with van der Waals surface area (Å²) in [6.07, 6.45) is -0.140. The molecule has 0 saturated heterocycles. The van der Waals surface area contributed by atoms with Crippen molar-refractivity contribution < 1.29 is 13.8 Å². The zero-order chi connectivity index (χ0) is 19.7. The number of rotatable bonds is 8. The first-order valence-corrected chi connectivity index (χ1v) is 12.8. The van der Waals surface area contributed by atoms with E-state index < -0.39 is 5.69 Å². The van der Waals surface area contributed by atoms with Crippen molar-refractivity contribution in [3.63, 3.8) is 0 Å². The van der Waals surface area contributed by atoms with Crippen molar-refractivity contribution in [1.29, 1.82) is 0 Å². The number of hydrogen-bond donors (Lipinski definition) is 3. The van der Waals surface area contributed by atoms with Crippen molar-refractivity contribution in [2.45, 2.75) is 46.8 Å². The molecule has 0 bridgehead atoms. The molecule has 1 aromatic carbocycles. The van der Waals surface area contributed by atoms with E-state index in [1.807, 2.05) is 58.9 Å². The predicted octanol–water partition coefficient (Wildman–Crippen LogP) is 4.12. The van der Waals surface area contributed by atoms with Crippen molar-refractivity contribution in [1.82, 2.24) is 10.9 Å².